The molecule has 0 aliphatic heterocycles. The number of nitrogen functional groups attached to an aromatic ring is 1. The van der Waals surface area contributed by atoms with Gasteiger partial charge in [-0.05, 0) is 35.9 Å². The number of benzene rings is 2. The van der Waals surface area contributed by atoms with Crippen LogP contribution in [0.1, 0.15) is 0 Å². The summed E-state index contributed by atoms with van der Waals surface area (Å²) < 4.78 is 13.4. The fourth-order valence-corrected chi connectivity index (χ4v) is 3.86. The number of imidazole rings is 1. The van der Waals surface area contributed by atoms with Gasteiger partial charge < -0.3 is 10.7 Å². The third-order valence-electron chi connectivity index (χ3n) is 5.40. The number of nitrogens with two attached hydrogens (primary N) is 1. The van der Waals surface area contributed by atoms with E-state index < -0.39 is 0 Å². The number of halogens is 1. The van der Waals surface area contributed by atoms with Crippen LogP contribution in [0.4, 0.5) is 10.1 Å². The van der Waals surface area contributed by atoms with Gasteiger partial charge in [0, 0.05) is 35.3 Å². The third kappa shape index (κ3) is 2.97. The van der Waals surface area contributed by atoms with Crippen LogP contribution in [0.3, 0.4) is 0 Å². The highest BCUT2D eigenvalue weighted by atomic mass is 19.1. The first-order chi connectivity index (χ1) is 15.7. The molecule has 4 heterocycles. The van der Waals surface area contributed by atoms with Gasteiger partial charge in [0.25, 0.3) is 0 Å². The highest BCUT2D eigenvalue weighted by molar-refractivity contribution is 5.97. The Morgan fingerprint density at radius 3 is 2.56 bits per heavy atom. The molecular formula is C24H16FN7. The molecule has 4 N–H and O–H groups in total. The summed E-state index contributed by atoms with van der Waals surface area (Å²) in [7, 11) is 0. The van der Waals surface area contributed by atoms with E-state index in [9.17, 15) is 4.39 Å². The number of aromatic nitrogens is 6. The van der Waals surface area contributed by atoms with E-state index in [1.54, 1.807) is 30.7 Å². The van der Waals surface area contributed by atoms with Gasteiger partial charge in [0.15, 0.2) is 11.5 Å². The SMILES string of the molecule is Nc1cncc(-c2cnc3[nH]nc(-c4nc5c(-c6ccc(F)cc6)cccc5[nH]4)c3c2)c1. The van der Waals surface area contributed by atoms with Crippen molar-refractivity contribution in [2.75, 3.05) is 5.73 Å². The molecule has 0 radical (unpaired) electrons. The summed E-state index contributed by atoms with van der Waals surface area (Å²) >= 11 is 0. The molecule has 2 aromatic carbocycles. The number of anilines is 1. The third-order valence-corrected chi connectivity index (χ3v) is 5.40. The lowest BCUT2D eigenvalue weighted by Gasteiger charge is -2.02. The molecule has 0 amide bonds. The van der Waals surface area contributed by atoms with E-state index in [4.69, 9.17) is 10.7 Å². The second-order valence-electron chi connectivity index (χ2n) is 7.49. The molecule has 4 aromatic heterocycles. The Kier molecular flexibility index (Phi) is 3.97. The van der Waals surface area contributed by atoms with E-state index in [0.29, 0.717) is 22.9 Å². The molecule has 0 saturated heterocycles. The van der Waals surface area contributed by atoms with Crippen molar-refractivity contribution in [1.29, 1.82) is 0 Å². The number of nitrogens with one attached hydrogen (secondary N) is 2. The monoisotopic (exact) mass is 421 g/mol. The van der Waals surface area contributed by atoms with Crippen molar-refractivity contribution >= 4 is 27.8 Å². The zero-order valence-electron chi connectivity index (χ0n) is 16.7. The smallest absolute Gasteiger partial charge is 0.159 e. The van der Waals surface area contributed by atoms with Gasteiger partial charge in [-0.1, -0.05) is 24.3 Å². The van der Waals surface area contributed by atoms with Crippen LogP contribution in [0.5, 0.6) is 0 Å². The summed E-state index contributed by atoms with van der Waals surface area (Å²) in [4.78, 5) is 16.8. The topological polar surface area (TPSA) is 109 Å². The number of para-hydroxylation sites is 1. The molecular weight excluding hydrogens is 405 g/mol. The first kappa shape index (κ1) is 18.2. The van der Waals surface area contributed by atoms with Gasteiger partial charge in [0.05, 0.1) is 22.1 Å². The van der Waals surface area contributed by atoms with Crippen molar-refractivity contribution in [2.24, 2.45) is 0 Å². The minimum Gasteiger partial charge on any atom is -0.397 e. The summed E-state index contributed by atoms with van der Waals surface area (Å²) in [5.74, 6) is 0.343. The lowest BCUT2D eigenvalue weighted by molar-refractivity contribution is 0.628. The van der Waals surface area contributed by atoms with Gasteiger partial charge in [-0.15, -0.1) is 0 Å². The van der Waals surface area contributed by atoms with Crippen molar-refractivity contribution in [3.63, 3.8) is 0 Å². The van der Waals surface area contributed by atoms with Crippen LogP contribution in [0.2, 0.25) is 0 Å². The summed E-state index contributed by atoms with van der Waals surface area (Å²) in [6.07, 6.45) is 5.10. The maximum Gasteiger partial charge on any atom is 0.159 e. The Balaban J connectivity index is 1.50. The summed E-state index contributed by atoms with van der Waals surface area (Å²) in [6.45, 7) is 0. The summed E-state index contributed by atoms with van der Waals surface area (Å²) in [5, 5.41) is 8.25. The standard InChI is InChI=1S/C24H16FN7/c25-16-6-4-13(5-7-16)18-2-1-3-20-21(18)30-24(29-20)22-19-9-15(11-28-23(19)32-31-22)14-8-17(26)12-27-10-14/h1-12H,26H2,(H,29,30)(H,28,31,32). The van der Waals surface area contributed by atoms with Gasteiger partial charge in [-0.3, -0.25) is 10.1 Å². The largest absolute Gasteiger partial charge is 0.397 e. The van der Waals surface area contributed by atoms with E-state index in [1.807, 2.05) is 30.3 Å². The van der Waals surface area contributed by atoms with Crippen LogP contribution in [-0.2, 0) is 0 Å². The van der Waals surface area contributed by atoms with Crippen LogP contribution in [0.15, 0.2) is 73.2 Å². The van der Waals surface area contributed by atoms with Gasteiger partial charge in [0.2, 0.25) is 0 Å². The van der Waals surface area contributed by atoms with Gasteiger partial charge in [0.1, 0.15) is 11.5 Å². The highest BCUT2D eigenvalue weighted by Gasteiger charge is 2.16. The van der Waals surface area contributed by atoms with Gasteiger partial charge in [-0.2, -0.15) is 5.10 Å². The minimum atomic E-state index is -0.273. The number of H-pyrrole nitrogens is 2. The predicted octanol–water partition coefficient (Wildman–Crippen LogP) is 4.95. The number of hydrogen-bond acceptors (Lipinski definition) is 5. The fourth-order valence-electron chi connectivity index (χ4n) is 3.86. The molecule has 8 heteroatoms. The van der Waals surface area contributed by atoms with E-state index in [0.717, 1.165) is 38.7 Å². The second kappa shape index (κ2) is 6.98. The number of nitrogens with zero attached hydrogens (tertiary/aromatic N) is 4. The van der Waals surface area contributed by atoms with E-state index >= 15 is 0 Å². The highest BCUT2D eigenvalue weighted by Crippen LogP contribution is 2.32. The lowest BCUT2D eigenvalue weighted by Crippen LogP contribution is -1.89. The van der Waals surface area contributed by atoms with E-state index in [1.165, 1.54) is 12.1 Å². The Morgan fingerprint density at radius 1 is 0.875 bits per heavy atom. The van der Waals surface area contributed by atoms with Crippen molar-refractivity contribution in [2.45, 2.75) is 0 Å². The molecule has 0 bridgehead atoms. The zero-order chi connectivity index (χ0) is 21.7. The normalized spacial score (nSPS) is 11.4. The molecule has 0 fully saturated rings. The molecule has 0 unspecified atom stereocenters. The first-order valence-corrected chi connectivity index (χ1v) is 9.96. The van der Waals surface area contributed by atoms with E-state index in [2.05, 4.69) is 25.1 Å². The van der Waals surface area contributed by atoms with Crippen LogP contribution in [-0.4, -0.2) is 30.1 Å². The Morgan fingerprint density at radius 2 is 1.72 bits per heavy atom. The molecule has 0 aliphatic rings. The van der Waals surface area contributed by atoms with Crippen molar-refractivity contribution in [3.05, 3.63) is 79.0 Å². The second-order valence-corrected chi connectivity index (χ2v) is 7.49. The lowest BCUT2D eigenvalue weighted by atomic mass is 10.0. The van der Waals surface area contributed by atoms with Crippen molar-refractivity contribution in [1.82, 2.24) is 30.1 Å². The Labute approximate surface area is 181 Å². The summed E-state index contributed by atoms with van der Waals surface area (Å²) in [5.41, 5.74) is 13.0. The Hall–Kier alpha value is -4.59. The summed E-state index contributed by atoms with van der Waals surface area (Å²) in [6, 6.07) is 16.1. The average Bonchev–Trinajstić information content (AvgIpc) is 3.43. The molecule has 6 aromatic rings. The van der Waals surface area contributed by atoms with Crippen LogP contribution in [0.25, 0.3) is 55.8 Å². The van der Waals surface area contributed by atoms with Crippen LogP contribution >= 0.6 is 0 Å². The zero-order valence-corrected chi connectivity index (χ0v) is 16.7. The number of fused-ring (bicyclic) bond motifs is 2. The molecule has 0 spiro atoms. The molecule has 0 atom stereocenters. The maximum absolute atomic E-state index is 13.4. The molecule has 154 valence electrons. The molecule has 7 nitrogen and oxygen atoms in total. The fraction of sp³-hybridized carbons (Fsp3) is 0. The predicted molar refractivity (Wildman–Crippen MR) is 122 cm³/mol. The Bertz CT molecular complexity index is 1600. The van der Waals surface area contributed by atoms with Crippen LogP contribution < -0.4 is 5.73 Å². The molecule has 0 saturated carbocycles. The van der Waals surface area contributed by atoms with Crippen molar-refractivity contribution < 1.29 is 4.39 Å². The maximum atomic E-state index is 13.4. The number of rotatable bonds is 3. The number of aromatic amines is 2. The molecule has 6 rings (SSSR count). The van der Waals surface area contributed by atoms with Gasteiger partial charge >= 0.3 is 0 Å². The molecule has 0 aliphatic carbocycles. The van der Waals surface area contributed by atoms with Gasteiger partial charge in [-0.25, -0.2) is 14.4 Å². The quantitative estimate of drug-likeness (QED) is 0.374. The van der Waals surface area contributed by atoms with Crippen molar-refractivity contribution in [3.8, 4) is 33.8 Å². The average molecular weight is 421 g/mol. The number of pyridine rings is 2. The minimum absolute atomic E-state index is 0.273. The van der Waals surface area contributed by atoms with Crippen LogP contribution in [0, 0.1) is 5.82 Å². The number of hydrogen-bond donors (Lipinski definition) is 3. The van der Waals surface area contributed by atoms with E-state index in [-0.39, 0.29) is 5.82 Å². The first-order valence-electron chi connectivity index (χ1n) is 9.96. The molecule has 32 heavy (non-hydrogen) atoms.